The molecule has 0 saturated carbocycles. The molecule has 0 radical (unpaired) electrons. The van der Waals surface area contributed by atoms with Crippen molar-refractivity contribution in [2.45, 2.75) is 25.3 Å². The zero-order valence-electron chi connectivity index (χ0n) is 14.5. The third kappa shape index (κ3) is 3.85. The molecule has 1 amide bonds. The number of carbonyl (C=O) groups is 2. The second kappa shape index (κ2) is 7.48. The van der Waals surface area contributed by atoms with Crippen molar-refractivity contribution in [3.63, 3.8) is 0 Å². The summed E-state index contributed by atoms with van der Waals surface area (Å²) in [5.74, 6) is -1.25. The Morgan fingerprint density at radius 2 is 2.04 bits per heavy atom. The van der Waals surface area contributed by atoms with Crippen molar-refractivity contribution >= 4 is 33.3 Å². The Morgan fingerprint density at radius 3 is 2.93 bits per heavy atom. The van der Waals surface area contributed by atoms with Crippen LogP contribution in [0.3, 0.4) is 0 Å². The Balaban J connectivity index is 1.37. The predicted molar refractivity (Wildman–Crippen MR) is 102 cm³/mol. The number of carbonyl (C=O) groups excluding carboxylic acids is 2. The topological polar surface area (TPSA) is 55.4 Å². The Labute approximate surface area is 160 Å². The second-order valence-electron chi connectivity index (χ2n) is 6.58. The number of thiophene rings is 1. The molecule has 0 fully saturated rings. The number of rotatable bonds is 4. The number of aryl methyl sites for hydroxylation is 1. The molecule has 1 aromatic heterocycles. The third-order valence-corrected chi connectivity index (χ3v) is 5.81. The van der Waals surface area contributed by atoms with E-state index in [9.17, 15) is 14.0 Å². The van der Waals surface area contributed by atoms with Crippen molar-refractivity contribution in [1.29, 1.82) is 0 Å². The molecule has 1 atom stereocenters. The van der Waals surface area contributed by atoms with E-state index in [0.717, 1.165) is 29.5 Å². The number of amides is 1. The highest BCUT2D eigenvalue weighted by molar-refractivity contribution is 7.20. The highest BCUT2D eigenvalue weighted by Crippen LogP contribution is 2.29. The highest BCUT2D eigenvalue weighted by Gasteiger charge is 2.22. The Bertz CT molecular complexity index is 1010. The van der Waals surface area contributed by atoms with Crippen molar-refractivity contribution in [2.24, 2.45) is 0 Å². The number of nitrogens with one attached hydrogen (secondary N) is 1. The van der Waals surface area contributed by atoms with Crippen LogP contribution >= 0.6 is 11.3 Å². The summed E-state index contributed by atoms with van der Waals surface area (Å²) in [4.78, 5) is 24.8. The van der Waals surface area contributed by atoms with Crippen LogP contribution < -0.4 is 5.32 Å². The maximum absolute atomic E-state index is 13.3. The lowest BCUT2D eigenvalue weighted by molar-refractivity contribution is -0.125. The van der Waals surface area contributed by atoms with Crippen molar-refractivity contribution in [2.75, 3.05) is 6.61 Å². The van der Waals surface area contributed by atoms with Gasteiger partial charge in [0.2, 0.25) is 0 Å². The maximum Gasteiger partial charge on any atom is 0.348 e. The summed E-state index contributed by atoms with van der Waals surface area (Å²) < 4.78 is 19.2. The van der Waals surface area contributed by atoms with E-state index in [0.29, 0.717) is 10.3 Å². The van der Waals surface area contributed by atoms with E-state index < -0.39 is 5.97 Å². The number of esters is 1. The van der Waals surface area contributed by atoms with Crippen molar-refractivity contribution in [1.82, 2.24) is 5.32 Å². The minimum Gasteiger partial charge on any atom is -0.451 e. The summed E-state index contributed by atoms with van der Waals surface area (Å²) in [7, 11) is 0. The van der Waals surface area contributed by atoms with Gasteiger partial charge in [-0.15, -0.1) is 11.3 Å². The first-order chi connectivity index (χ1) is 13.1. The molecule has 2 aromatic carbocycles. The van der Waals surface area contributed by atoms with Gasteiger partial charge < -0.3 is 10.1 Å². The van der Waals surface area contributed by atoms with Crippen LogP contribution in [-0.4, -0.2) is 18.5 Å². The Kier molecular flexibility index (Phi) is 4.90. The van der Waals surface area contributed by atoms with Crippen LogP contribution in [-0.2, 0) is 16.0 Å². The van der Waals surface area contributed by atoms with Crippen LogP contribution in [0.1, 0.15) is 39.7 Å². The van der Waals surface area contributed by atoms with Gasteiger partial charge in [-0.25, -0.2) is 9.18 Å². The lowest BCUT2D eigenvalue weighted by atomic mass is 9.88. The van der Waals surface area contributed by atoms with E-state index in [2.05, 4.69) is 11.4 Å². The fourth-order valence-electron chi connectivity index (χ4n) is 3.46. The number of hydrogen-bond acceptors (Lipinski definition) is 4. The predicted octanol–water partition coefficient (Wildman–Crippen LogP) is 4.39. The summed E-state index contributed by atoms with van der Waals surface area (Å²) in [5.41, 5.74) is 2.39. The third-order valence-electron chi connectivity index (χ3n) is 4.72. The molecule has 1 N–H and O–H groups in total. The summed E-state index contributed by atoms with van der Waals surface area (Å²) in [6.45, 7) is -0.333. The molecule has 0 unspecified atom stereocenters. The first-order valence-corrected chi connectivity index (χ1v) is 9.65. The van der Waals surface area contributed by atoms with E-state index in [-0.39, 0.29) is 24.4 Å². The number of fused-ring (bicyclic) bond motifs is 2. The largest absolute Gasteiger partial charge is 0.451 e. The number of halogens is 1. The molecule has 1 aliphatic rings. The average Bonchev–Trinajstić information content (AvgIpc) is 3.09. The molecule has 27 heavy (non-hydrogen) atoms. The molecule has 6 heteroatoms. The molecule has 1 heterocycles. The van der Waals surface area contributed by atoms with E-state index in [1.165, 1.54) is 29.0 Å². The fraction of sp³-hybridized carbons (Fsp3) is 0.238. The number of benzene rings is 2. The van der Waals surface area contributed by atoms with Gasteiger partial charge >= 0.3 is 5.97 Å². The monoisotopic (exact) mass is 383 g/mol. The fourth-order valence-corrected chi connectivity index (χ4v) is 4.39. The first-order valence-electron chi connectivity index (χ1n) is 8.83. The summed E-state index contributed by atoms with van der Waals surface area (Å²) >= 11 is 1.22. The SMILES string of the molecule is O=C(COC(=O)c1cc2cc(F)ccc2s1)N[C@@H]1CCCc2ccccc21. The van der Waals surface area contributed by atoms with E-state index >= 15 is 0 Å². The molecular weight excluding hydrogens is 365 g/mol. The van der Waals surface area contributed by atoms with Crippen LogP contribution in [0, 0.1) is 5.82 Å². The van der Waals surface area contributed by atoms with E-state index in [4.69, 9.17) is 4.74 Å². The van der Waals surface area contributed by atoms with Crippen LogP contribution in [0.2, 0.25) is 0 Å². The average molecular weight is 383 g/mol. The quantitative estimate of drug-likeness (QED) is 0.680. The Hall–Kier alpha value is -2.73. The van der Waals surface area contributed by atoms with Gasteiger partial charge in [0.25, 0.3) is 5.91 Å². The first kappa shape index (κ1) is 17.7. The second-order valence-corrected chi connectivity index (χ2v) is 7.66. The number of hydrogen-bond donors (Lipinski definition) is 1. The van der Waals surface area contributed by atoms with Gasteiger partial charge in [0.1, 0.15) is 10.7 Å². The summed E-state index contributed by atoms with van der Waals surface area (Å²) in [6, 6.07) is 14.0. The zero-order chi connectivity index (χ0) is 18.8. The van der Waals surface area contributed by atoms with Gasteiger partial charge in [0.05, 0.1) is 6.04 Å². The van der Waals surface area contributed by atoms with Gasteiger partial charge in [-0.3, -0.25) is 4.79 Å². The lowest BCUT2D eigenvalue weighted by Gasteiger charge is -2.26. The molecule has 0 saturated heterocycles. The smallest absolute Gasteiger partial charge is 0.348 e. The minimum atomic E-state index is -0.573. The number of ether oxygens (including phenoxy) is 1. The molecule has 4 rings (SSSR count). The normalized spacial score (nSPS) is 16.0. The Morgan fingerprint density at radius 1 is 1.19 bits per heavy atom. The van der Waals surface area contributed by atoms with Gasteiger partial charge in [-0.1, -0.05) is 24.3 Å². The summed E-state index contributed by atoms with van der Waals surface area (Å²) in [5, 5.41) is 3.60. The van der Waals surface area contributed by atoms with Crippen LogP contribution in [0.15, 0.2) is 48.5 Å². The molecular formula is C21H18FNO3S. The van der Waals surface area contributed by atoms with Gasteiger partial charge in [-0.2, -0.15) is 0 Å². The van der Waals surface area contributed by atoms with Crippen LogP contribution in [0.5, 0.6) is 0 Å². The van der Waals surface area contributed by atoms with Crippen molar-refractivity contribution in [3.8, 4) is 0 Å². The molecule has 138 valence electrons. The molecule has 0 aliphatic heterocycles. The van der Waals surface area contributed by atoms with Crippen molar-refractivity contribution < 1.29 is 18.7 Å². The maximum atomic E-state index is 13.3. The van der Waals surface area contributed by atoms with Crippen LogP contribution in [0.25, 0.3) is 10.1 Å². The lowest BCUT2D eigenvalue weighted by Crippen LogP contribution is -2.34. The van der Waals surface area contributed by atoms with E-state index in [1.807, 2.05) is 18.2 Å². The van der Waals surface area contributed by atoms with Gasteiger partial charge in [0.15, 0.2) is 6.61 Å². The van der Waals surface area contributed by atoms with E-state index in [1.54, 1.807) is 12.1 Å². The molecule has 1 aliphatic carbocycles. The van der Waals surface area contributed by atoms with Gasteiger partial charge in [-0.05, 0) is 60.0 Å². The minimum absolute atomic E-state index is 0.0477. The molecule has 4 nitrogen and oxygen atoms in total. The molecule has 0 spiro atoms. The highest BCUT2D eigenvalue weighted by atomic mass is 32.1. The van der Waals surface area contributed by atoms with Gasteiger partial charge in [0, 0.05) is 4.70 Å². The zero-order valence-corrected chi connectivity index (χ0v) is 15.4. The van der Waals surface area contributed by atoms with Crippen LogP contribution in [0.4, 0.5) is 4.39 Å². The molecule has 3 aromatic rings. The van der Waals surface area contributed by atoms with Crippen molar-refractivity contribution in [3.05, 3.63) is 70.4 Å². The summed E-state index contributed by atoms with van der Waals surface area (Å²) in [6.07, 6.45) is 2.91. The standard InChI is InChI=1S/C21H18FNO3S/c22-15-8-9-18-14(10-15)11-19(27-18)21(25)26-12-20(24)23-17-7-3-5-13-4-1-2-6-16(13)17/h1-2,4,6,8-11,17H,3,5,7,12H2,(H,23,24)/t17-/m1/s1. The molecule has 0 bridgehead atoms.